The van der Waals surface area contributed by atoms with Crippen molar-refractivity contribution >= 4 is 17.5 Å². The van der Waals surface area contributed by atoms with Gasteiger partial charge in [0.2, 0.25) is 0 Å². The van der Waals surface area contributed by atoms with Gasteiger partial charge in [-0.25, -0.2) is 9.78 Å². The standard InChI is InChI=1S/C13H19N3O3/c1-8-6-16(7-13(2,3)19-8)11-10(14)9(12(17)18)4-5-15-11/h4-5,8H,6-7,14H2,1-3H3,(H,17,18). The summed E-state index contributed by atoms with van der Waals surface area (Å²) in [5.41, 5.74) is 5.90. The Labute approximate surface area is 112 Å². The number of hydrogen-bond donors (Lipinski definition) is 2. The number of morpholine rings is 1. The summed E-state index contributed by atoms with van der Waals surface area (Å²) in [7, 11) is 0. The number of carbonyl (C=O) groups is 1. The van der Waals surface area contributed by atoms with Gasteiger partial charge in [0.05, 0.1) is 23.0 Å². The minimum Gasteiger partial charge on any atom is -0.478 e. The van der Waals surface area contributed by atoms with E-state index in [0.717, 1.165) is 0 Å². The van der Waals surface area contributed by atoms with E-state index in [0.29, 0.717) is 18.9 Å². The lowest BCUT2D eigenvalue weighted by Gasteiger charge is -2.42. The molecule has 0 radical (unpaired) electrons. The Kier molecular flexibility index (Phi) is 3.36. The summed E-state index contributed by atoms with van der Waals surface area (Å²) in [6.45, 7) is 7.23. The zero-order valence-electron chi connectivity index (χ0n) is 11.4. The van der Waals surface area contributed by atoms with Crippen LogP contribution in [0.3, 0.4) is 0 Å². The van der Waals surface area contributed by atoms with E-state index in [1.807, 2.05) is 25.7 Å². The smallest absolute Gasteiger partial charge is 0.337 e. The quantitative estimate of drug-likeness (QED) is 0.839. The van der Waals surface area contributed by atoms with Crippen molar-refractivity contribution in [2.75, 3.05) is 23.7 Å². The lowest BCUT2D eigenvalue weighted by molar-refractivity contribution is -0.0751. The summed E-state index contributed by atoms with van der Waals surface area (Å²) in [6, 6.07) is 1.41. The van der Waals surface area contributed by atoms with Crippen molar-refractivity contribution in [1.29, 1.82) is 0 Å². The fourth-order valence-electron chi connectivity index (χ4n) is 2.52. The van der Waals surface area contributed by atoms with Gasteiger partial charge in [-0.1, -0.05) is 0 Å². The third kappa shape index (κ3) is 2.78. The molecule has 1 aliphatic heterocycles. The first-order valence-electron chi connectivity index (χ1n) is 6.21. The molecule has 0 aliphatic carbocycles. The number of hydrogen-bond acceptors (Lipinski definition) is 5. The highest BCUT2D eigenvalue weighted by Gasteiger charge is 2.33. The van der Waals surface area contributed by atoms with Gasteiger partial charge < -0.3 is 20.5 Å². The summed E-state index contributed by atoms with van der Waals surface area (Å²) in [4.78, 5) is 17.3. The average Bonchev–Trinajstić information content (AvgIpc) is 2.25. The van der Waals surface area contributed by atoms with Gasteiger partial charge in [-0.3, -0.25) is 0 Å². The number of carboxylic acids is 1. The number of carboxylic acid groups (broad SMARTS) is 1. The van der Waals surface area contributed by atoms with Gasteiger partial charge in [-0.15, -0.1) is 0 Å². The highest BCUT2D eigenvalue weighted by Crippen LogP contribution is 2.29. The van der Waals surface area contributed by atoms with Crippen molar-refractivity contribution in [2.45, 2.75) is 32.5 Å². The van der Waals surface area contributed by atoms with E-state index in [9.17, 15) is 4.79 Å². The lowest BCUT2D eigenvalue weighted by Crippen LogP contribution is -2.52. The molecule has 1 aromatic heterocycles. The molecule has 104 valence electrons. The van der Waals surface area contributed by atoms with E-state index in [-0.39, 0.29) is 23.0 Å². The van der Waals surface area contributed by atoms with Gasteiger partial charge in [0.25, 0.3) is 0 Å². The van der Waals surface area contributed by atoms with E-state index >= 15 is 0 Å². The molecule has 1 aromatic rings. The number of ether oxygens (including phenoxy) is 1. The number of nitrogens with two attached hydrogens (primary N) is 1. The maximum atomic E-state index is 11.1. The van der Waals surface area contributed by atoms with Crippen LogP contribution in [0.2, 0.25) is 0 Å². The first kappa shape index (κ1) is 13.6. The van der Waals surface area contributed by atoms with Crippen LogP contribution in [0.1, 0.15) is 31.1 Å². The molecule has 2 rings (SSSR count). The van der Waals surface area contributed by atoms with Gasteiger partial charge >= 0.3 is 5.97 Å². The van der Waals surface area contributed by atoms with Crippen LogP contribution in [0, 0.1) is 0 Å². The van der Waals surface area contributed by atoms with Gasteiger partial charge in [0, 0.05) is 19.3 Å². The van der Waals surface area contributed by atoms with Crippen molar-refractivity contribution in [3.8, 4) is 0 Å². The molecule has 0 saturated carbocycles. The lowest BCUT2D eigenvalue weighted by atomic mass is 10.0. The van der Waals surface area contributed by atoms with E-state index < -0.39 is 5.97 Å². The summed E-state index contributed by atoms with van der Waals surface area (Å²) in [6.07, 6.45) is 1.51. The Bertz CT molecular complexity index is 502. The Balaban J connectivity index is 2.36. The molecule has 0 aromatic carbocycles. The molecule has 6 nitrogen and oxygen atoms in total. The second kappa shape index (κ2) is 4.70. The van der Waals surface area contributed by atoms with Crippen LogP contribution in [0.25, 0.3) is 0 Å². The van der Waals surface area contributed by atoms with E-state index in [2.05, 4.69) is 4.98 Å². The zero-order chi connectivity index (χ0) is 14.2. The molecule has 1 atom stereocenters. The number of nitrogens with zero attached hydrogens (tertiary/aromatic N) is 2. The minimum atomic E-state index is -1.04. The van der Waals surface area contributed by atoms with Crippen LogP contribution in [0.15, 0.2) is 12.3 Å². The maximum Gasteiger partial charge on any atom is 0.337 e. The molecule has 0 spiro atoms. The molecule has 0 amide bonds. The second-order valence-electron chi connectivity index (χ2n) is 5.47. The van der Waals surface area contributed by atoms with Crippen molar-refractivity contribution in [3.05, 3.63) is 17.8 Å². The predicted octanol–water partition coefficient (Wildman–Crippen LogP) is 1.37. The first-order valence-corrected chi connectivity index (χ1v) is 6.21. The molecular weight excluding hydrogens is 246 g/mol. The van der Waals surface area contributed by atoms with Crippen LogP contribution in [0.4, 0.5) is 11.5 Å². The number of rotatable bonds is 2. The van der Waals surface area contributed by atoms with Crippen LogP contribution in [-0.2, 0) is 4.74 Å². The second-order valence-corrected chi connectivity index (χ2v) is 5.47. The Morgan fingerprint density at radius 1 is 1.63 bits per heavy atom. The highest BCUT2D eigenvalue weighted by atomic mass is 16.5. The molecule has 1 aliphatic rings. The molecule has 0 bridgehead atoms. The number of anilines is 2. The van der Waals surface area contributed by atoms with Gasteiger partial charge in [0.1, 0.15) is 0 Å². The molecular formula is C13H19N3O3. The molecule has 2 heterocycles. The van der Waals surface area contributed by atoms with Crippen molar-refractivity contribution in [1.82, 2.24) is 4.98 Å². The minimum absolute atomic E-state index is 0.0402. The summed E-state index contributed by atoms with van der Waals surface area (Å²) in [5, 5.41) is 9.09. The van der Waals surface area contributed by atoms with Crippen molar-refractivity contribution < 1.29 is 14.6 Å². The molecule has 19 heavy (non-hydrogen) atoms. The average molecular weight is 265 g/mol. The largest absolute Gasteiger partial charge is 0.478 e. The third-order valence-electron chi connectivity index (χ3n) is 3.07. The first-order chi connectivity index (χ1) is 8.80. The van der Waals surface area contributed by atoms with Crippen molar-refractivity contribution in [2.24, 2.45) is 0 Å². The highest BCUT2D eigenvalue weighted by molar-refractivity contribution is 5.96. The fraction of sp³-hybridized carbons (Fsp3) is 0.538. The number of aromatic nitrogens is 1. The topological polar surface area (TPSA) is 88.7 Å². The zero-order valence-corrected chi connectivity index (χ0v) is 11.4. The molecule has 3 N–H and O–H groups in total. The normalized spacial score (nSPS) is 22.3. The summed E-state index contributed by atoms with van der Waals surface area (Å²) in [5.74, 6) is -0.523. The Morgan fingerprint density at radius 2 is 2.32 bits per heavy atom. The molecule has 1 fully saturated rings. The fourth-order valence-corrected chi connectivity index (χ4v) is 2.52. The van der Waals surface area contributed by atoms with Gasteiger partial charge in [-0.05, 0) is 26.8 Å². The Morgan fingerprint density at radius 3 is 2.89 bits per heavy atom. The van der Waals surface area contributed by atoms with Crippen LogP contribution >= 0.6 is 0 Å². The number of pyridine rings is 1. The number of aromatic carboxylic acids is 1. The molecule has 1 unspecified atom stereocenters. The van der Waals surface area contributed by atoms with Crippen LogP contribution in [0.5, 0.6) is 0 Å². The predicted molar refractivity (Wildman–Crippen MR) is 72.4 cm³/mol. The third-order valence-corrected chi connectivity index (χ3v) is 3.07. The van der Waals surface area contributed by atoms with Gasteiger partial charge in [-0.2, -0.15) is 0 Å². The summed E-state index contributed by atoms with van der Waals surface area (Å²) >= 11 is 0. The Hall–Kier alpha value is -1.82. The number of nitrogen functional groups attached to an aromatic ring is 1. The SMILES string of the molecule is CC1CN(c2nccc(C(=O)O)c2N)CC(C)(C)O1. The maximum absolute atomic E-state index is 11.1. The molecule has 1 saturated heterocycles. The molecule has 6 heteroatoms. The summed E-state index contributed by atoms with van der Waals surface area (Å²) < 4.78 is 5.82. The van der Waals surface area contributed by atoms with E-state index in [4.69, 9.17) is 15.6 Å². The van der Waals surface area contributed by atoms with Crippen LogP contribution < -0.4 is 10.6 Å². The van der Waals surface area contributed by atoms with Crippen LogP contribution in [-0.4, -0.2) is 40.9 Å². The van der Waals surface area contributed by atoms with E-state index in [1.54, 1.807) is 0 Å². The van der Waals surface area contributed by atoms with E-state index in [1.165, 1.54) is 12.3 Å². The van der Waals surface area contributed by atoms with Gasteiger partial charge in [0.15, 0.2) is 5.82 Å². The monoisotopic (exact) mass is 265 g/mol. The van der Waals surface area contributed by atoms with Crippen molar-refractivity contribution in [3.63, 3.8) is 0 Å².